The Morgan fingerprint density at radius 1 is 1.62 bits per heavy atom. The molecule has 0 aromatic rings. The van der Waals surface area contributed by atoms with Crippen molar-refractivity contribution in [2.75, 3.05) is 6.00 Å². The van der Waals surface area contributed by atoms with Crippen LogP contribution in [-0.4, -0.2) is 18.9 Å². The Kier molecular flexibility index (Phi) is 5.87. The van der Waals surface area contributed by atoms with Gasteiger partial charge in [-0.3, -0.25) is 9.98 Å². The topological polar surface area (TPSA) is 24.7 Å². The lowest BCUT2D eigenvalue weighted by molar-refractivity contribution is 1.39. The van der Waals surface area contributed by atoms with Crippen LogP contribution in [0.2, 0.25) is 0 Å². The molecule has 44 valence electrons. The summed E-state index contributed by atoms with van der Waals surface area (Å²) in [6, 6.07) is 0.293. The van der Waals surface area contributed by atoms with E-state index in [1.165, 1.54) is 6.20 Å². The maximum atomic E-state index is 5.20. The van der Waals surface area contributed by atoms with E-state index < -0.39 is 0 Å². The van der Waals surface area contributed by atoms with Gasteiger partial charge >= 0.3 is 0 Å². The molecule has 0 unspecified atom stereocenters. The third-order valence-corrected chi connectivity index (χ3v) is 0.590. The molecule has 0 aliphatic carbocycles. The summed E-state index contributed by atoms with van der Waals surface area (Å²) in [5.41, 5.74) is 0. The van der Waals surface area contributed by atoms with Crippen LogP contribution in [0.3, 0.4) is 0 Å². The number of hydrogen-bond acceptors (Lipinski definition) is 2. The normalized spacial score (nSPS) is 11.1. The summed E-state index contributed by atoms with van der Waals surface area (Å²) < 4.78 is 0. The zero-order chi connectivity index (χ0) is 6.24. The van der Waals surface area contributed by atoms with E-state index in [0.29, 0.717) is 6.00 Å². The second-order valence-corrected chi connectivity index (χ2v) is 1.21. The predicted octanol–water partition coefficient (Wildman–Crippen LogP) is 1.47. The van der Waals surface area contributed by atoms with Crippen LogP contribution < -0.4 is 0 Å². The molecule has 0 amide bonds. The molecule has 3 heteroatoms. The summed E-state index contributed by atoms with van der Waals surface area (Å²) in [5, 5.41) is 0. The van der Waals surface area contributed by atoms with Crippen molar-refractivity contribution in [1.82, 2.24) is 0 Å². The standard InChI is InChI=1S/C5H7ClN2/c1-7-3-2-4-8-5-6/h2-4H,1,5H2/b3-2-,8-4-. The lowest BCUT2D eigenvalue weighted by atomic mass is 10.7. The predicted molar refractivity (Wildman–Crippen MR) is 37.9 cm³/mol. The maximum Gasteiger partial charge on any atom is 0.113 e. The van der Waals surface area contributed by atoms with Crippen LogP contribution in [0.1, 0.15) is 0 Å². The molecular weight excluding hydrogens is 124 g/mol. The highest BCUT2D eigenvalue weighted by molar-refractivity contribution is 6.18. The first-order chi connectivity index (χ1) is 3.91. The maximum absolute atomic E-state index is 5.20. The van der Waals surface area contributed by atoms with Crippen molar-refractivity contribution in [3.05, 3.63) is 12.3 Å². The molecule has 0 saturated heterocycles. The summed E-state index contributed by atoms with van der Waals surface area (Å²) >= 11 is 5.20. The molecule has 0 fully saturated rings. The second kappa shape index (κ2) is 6.37. The smallest absolute Gasteiger partial charge is 0.113 e. The molecule has 0 atom stereocenters. The van der Waals surface area contributed by atoms with Crippen LogP contribution in [0, 0.1) is 0 Å². The first kappa shape index (κ1) is 7.37. The highest BCUT2D eigenvalue weighted by atomic mass is 35.5. The van der Waals surface area contributed by atoms with Gasteiger partial charge in [-0.05, 0) is 12.8 Å². The van der Waals surface area contributed by atoms with Gasteiger partial charge in [-0.2, -0.15) is 0 Å². The summed E-state index contributed by atoms with van der Waals surface area (Å²) in [6.07, 6.45) is 4.77. The van der Waals surface area contributed by atoms with Crippen molar-refractivity contribution in [2.24, 2.45) is 9.98 Å². The molecule has 0 bridgehead atoms. The average Bonchev–Trinajstić information content (AvgIpc) is 1.81. The zero-order valence-corrected chi connectivity index (χ0v) is 5.17. The summed E-state index contributed by atoms with van der Waals surface area (Å²) in [5.74, 6) is 0. The van der Waals surface area contributed by atoms with E-state index in [1.54, 1.807) is 12.3 Å². The molecule has 0 aromatic heterocycles. The van der Waals surface area contributed by atoms with Gasteiger partial charge in [0.25, 0.3) is 0 Å². The van der Waals surface area contributed by atoms with Crippen LogP contribution in [0.5, 0.6) is 0 Å². The van der Waals surface area contributed by atoms with Crippen LogP contribution in [0.15, 0.2) is 22.3 Å². The van der Waals surface area contributed by atoms with Gasteiger partial charge in [-0.15, -0.1) is 11.6 Å². The van der Waals surface area contributed by atoms with Crippen molar-refractivity contribution < 1.29 is 0 Å². The van der Waals surface area contributed by atoms with Crippen LogP contribution in [0.25, 0.3) is 0 Å². The number of allylic oxidation sites excluding steroid dienone is 1. The molecule has 0 N–H and O–H groups in total. The van der Waals surface area contributed by atoms with Gasteiger partial charge in [0.1, 0.15) is 6.00 Å². The SMILES string of the molecule is C=N/C=C\C=N/CCl. The van der Waals surface area contributed by atoms with E-state index in [1.807, 2.05) is 0 Å². The molecule has 0 aliphatic rings. The van der Waals surface area contributed by atoms with Gasteiger partial charge in [-0.25, -0.2) is 0 Å². The highest BCUT2D eigenvalue weighted by Gasteiger charge is 1.60. The minimum absolute atomic E-state index is 0.293. The molecule has 2 nitrogen and oxygen atoms in total. The fraction of sp³-hybridized carbons (Fsp3) is 0.200. The second-order valence-electron chi connectivity index (χ2n) is 0.975. The fourth-order valence-corrected chi connectivity index (χ4v) is 0.280. The number of hydrogen-bond donors (Lipinski definition) is 0. The molecule has 8 heavy (non-hydrogen) atoms. The molecule has 0 heterocycles. The minimum atomic E-state index is 0.293. The van der Waals surface area contributed by atoms with Crippen molar-refractivity contribution >= 4 is 24.5 Å². The first-order valence-corrected chi connectivity index (χ1v) is 2.62. The van der Waals surface area contributed by atoms with Crippen LogP contribution in [-0.2, 0) is 0 Å². The molecule has 0 aliphatic heterocycles. The lowest BCUT2D eigenvalue weighted by Gasteiger charge is -1.71. The van der Waals surface area contributed by atoms with Crippen molar-refractivity contribution in [2.45, 2.75) is 0 Å². The van der Waals surface area contributed by atoms with Gasteiger partial charge in [0.05, 0.1) is 0 Å². The van der Waals surface area contributed by atoms with E-state index in [0.717, 1.165) is 0 Å². The van der Waals surface area contributed by atoms with Crippen LogP contribution in [0.4, 0.5) is 0 Å². The lowest BCUT2D eigenvalue weighted by Crippen LogP contribution is -1.63. The molecule has 0 rings (SSSR count). The highest BCUT2D eigenvalue weighted by Crippen LogP contribution is 1.73. The Bertz CT molecular complexity index is 107. The summed E-state index contributed by atoms with van der Waals surface area (Å²) in [7, 11) is 0. The van der Waals surface area contributed by atoms with Crippen LogP contribution >= 0.6 is 11.6 Å². The third-order valence-electron chi connectivity index (χ3n) is 0.452. The Morgan fingerprint density at radius 2 is 2.38 bits per heavy atom. The Morgan fingerprint density at radius 3 is 2.88 bits per heavy atom. The number of aliphatic imine (C=N–C) groups is 2. The minimum Gasteiger partial charge on any atom is -0.277 e. The monoisotopic (exact) mass is 130 g/mol. The Hall–Kier alpha value is -0.630. The third kappa shape index (κ3) is 5.37. The molecule has 0 spiro atoms. The Labute approximate surface area is 53.6 Å². The van der Waals surface area contributed by atoms with Gasteiger partial charge in [0.2, 0.25) is 0 Å². The first-order valence-electron chi connectivity index (χ1n) is 2.08. The van der Waals surface area contributed by atoms with Crippen molar-refractivity contribution in [1.29, 1.82) is 0 Å². The van der Waals surface area contributed by atoms with Gasteiger partial charge in [0.15, 0.2) is 0 Å². The van der Waals surface area contributed by atoms with E-state index in [9.17, 15) is 0 Å². The number of alkyl halides is 1. The van der Waals surface area contributed by atoms with Gasteiger partial charge in [-0.1, -0.05) is 0 Å². The van der Waals surface area contributed by atoms with Gasteiger partial charge in [0, 0.05) is 12.4 Å². The van der Waals surface area contributed by atoms with Crippen molar-refractivity contribution in [3.8, 4) is 0 Å². The number of rotatable bonds is 3. The quantitative estimate of drug-likeness (QED) is 0.314. The van der Waals surface area contributed by atoms with E-state index in [4.69, 9.17) is 11.6 Å². The molecule has 0 saturated carbocycles. The summed E-state index contributed by atoms with van der Waals surface area (Å²) in [6.45, 7) is 3.23. The summed E-state index contributed by atoms with van der Waals surface area (Å²) in [4.78, 5) is 7.12. The molecule has 0 radical (unpaired) electrons. The number of halogens is 1. The molecular formula is C5H7ClN2. The van der Waals surface area contributed by atoms with Gasteiger partial charge < -0.3 is 0 Å². The number of nitrogens with zero attached hydrogens (tertiary/aromatic N) is 2. The zero-order valence-electron chi connectivity index (χ0n) is 4.42. The van der Waals surface area contributed by atoms with E-state index in [-0.39, 0.29) is 0 Å². The van der Waals surface area contributed by atoms with E-state index >= 15 is 0 Å². The average molecular weight is 131 g/mol. The van der Waals surface area contributed by atoms with Crippen molar-refractivity contribution in [3.63, 3.8) is 0 Å². The largest absolute Gasteiger partial charge is 0.277 e. The molecule has 0 aromatic carbocycles. The Balaban J connectivity index is 3.26. The fourth-order valence-electron chi connectivity index (χ4n) is 0.200. The van der Waals surface area contributed by atoms with E-state index in [2.05, 4.69) is 16.7 Å².